The van der Waals surface area contributed by atoms with Crippen molar-refractivity contribution < 1.29 is 14.5 Å². The molecule has 0 aliphatic carbocycles. The summed E-state index contributed by atoms with van der Waals surface area (Å²) in [6.45, 7) is 4.01. The van der Waals surface area contributed by atoms with Gasteiger partial charge < -0.3 is 14.6 Å². The Hall–Kier alpha value is -0.340. The topological polar surface area (TPSA) is 57.6 Å². The molecule has 0 spiro atoms. The van der Waals surface area contributed by atoms with Crippen LogP contribution in [-0.4, -0.2) is 54.6 Å². The molecule has 0 atom stereocenters. The first-order valence-electron chi connectivity index (χ1n) is 4.49. The second kappa shape index (κ2) is 4.25. The van der Waals surface area contributed by atoms with Gasteiger partial charge in [0.05, 0.1) is 13.6 Å². The van der Waals surface area contributed by atoms with Gasteiger partial charge in [-0.05, 0) is 6.66 Å². The predicted molar refractivity (Wildman–Crippen MR) is 52.0 cm³/mol. The van der Waals surface area contributed by atoms with Crippen LogP contribution in [0.2, 0.25) is 0 Å². The highest BCUT2D eigenvalue weighted by atomic mass is 31.2. The van der Waals surface area contributed by atoms with Gasteiger partial charge in [-0.1, -0.05) is 0 Å². The molecule has 0 aromatic carbocycles. The average Bonchev–Trinajstić information content (AvgIpc) is 2.02. The van der Waals surface area contributed by atoms with Crippen molar-refractivity contribution in [3.63, 3.8) is 0 Å². The Kier molecular flexibility index (Phi) is 3.51. The summed E-state index contributed by atoms with van der Waals surface area (Å²) < 4.78 is 11.6. The molecule has 1 N–H and O–H groups in total. The van der Waals surface area contributed by atoms with E-state index >= 15 is 0 Å². The molecule has 0 unspecified atom stereocenters. The van der Waals surface area contributed by atoms with E-state index in [1.54, 1.807) is 0 Å². The van der Waals surface area contributed by atoms with Gasteiger partial charge in [-0.3, -0.25) is 4.79 Å². The van der Waals surface area contributed by atoms with Gasteiger partial charge >= 0.3 is 5.97 Å². The van der Waals surface area contributed by atoms with E-state index in [0.717, 1.165) is 25.4 Å². The number of rotatable bonds is 3. The van der Waals surface area contributed by atoms with Gasteiger partial charge in [0.2, 0.25) is 0 Å². The lowest BCUT2D eigenvalue weighted by molar-refractivity contribution is -0.137. The second-order valence-electron chi connectivity index (χ2n) is 3.73. The number of carbonyl (C=O) groups is 1. The number of hydrogen-bond acceptors (Lipinski definition) is 3. The Morgan fingerprint density at radius 1 is 1.46 bits per heavy atom. The molecule has 0 saturated carbocycles. The Morgan fingerprint density at radius 3 is 2.46 bits per heavy atom. The number of hydrogen-bond donors (Lipinski definition) is 1. The summed E-state index contributed by atoms with van der Waals surface area (Å²) in [6, 6.07) is 0. The molecule has 0 aromatic heterocycles. The minimum Gasteiger partial charge on any atom is -0.481 e. The van der Waals surface area contributed by atoms with Gasteiger partial charge in [-0.25, -0.2) is 0 Å². The van der Waals surface area contributed by atoms with E-state index in [2.05, 4.69) is 4.90 Å². The zero-order valence-electron chi connectivity index (χ0n) is 7.90. The molecule has 0 radical (unpaired) electrons. The van der Waals surface area contributed by atoms with Crippen LogP contribution in [0.4, 0.5) is 0 Å². The molecule has 13 heavy (non-hydrogen) atoms. The third-order valence-corrected chi connectivity index (χ3v) is 4.71. The fraction of sp³-hybridized carbons (Fsp3) is 0.875. The smallest absolute Gasteiger partial charge is 0.304 e. The highest BCUT2D eigenvalue weighted by molar-refractivity contribution is 7.63. The highest BCUT2D eigenvalue weighted by Gasteiger charge is 2.23. The van der Waals surface area contributed by atoms with Crippen molar-refractivity contribution in [3.05, 3.63) is 0 Å². The molecule has 4 nitrogen and oxygen atoms in total. The van der Waals surface area contributed by atoms with Crippen LogP contribution in [0.5, 0.6) is 0 Å². The van der Waals surface area contributed by atoms with Crippen LogP contribution in [0.3, 0.4) is 0 Å². The Balaban J connectivity index is 2.25. The molecule has 1 rings (SSSR count). The van der Waals surface area contributed by atoms with Crippen molar-refractivity contribution in [2.75, 3.05) is 38.6 Å². The minimum absolute atomic E-state index is 0.189. The fourth-order valence-electron chi connectivity index (χ4n) is 1.41. The molecular weight excluding hydrogens is 189 g/mol. The lowest BCUT2D eigenvalue weighted by Crippen LogP contribution is -2.36. The molecule has 0 amide bonds. The minimum atomic E-state index is -1.86. The summed E-state index contributed by atoms with van der Waals surface area (Å²) in [5.41, 5.74) is 0. The first kappa shape index (κ1) is 10.7. The molecule has 76 valence electrons. The van der Waals surface area contributed by atoms with E-state index < -0.39 is 13.1 Å². The normalized spacial score (nSPS) is 22.8. The third kappa shape index (κ3) is 3.92. The summed E-state index contributed by atoms with van der Waals surface area (Å²) in [5, 5.41) is 8.47. The summed E-state index contributed by atoms with van der Waals surface area (Å²) in [5.74, 6) is -0.759. The zero-order chi connectivity index (χ0) is 9.90. The molecule has 1 aliphatic heterocycles. The maximum absolute atomic E-state index is 11.6. The number of carboxylic acids is 1. The van der Waals surface area contributed by atoms with E-state index in [1.807, 2.05) is 6.66 Å². The molecule has 1 heterocycles. The van der Waals surface area contributed by atoms with E-state index in [9.17, 15) is 9.36 Å². The van der Waals surface area contributed by atoms with Gasteiger partial charge in [0, 0.05) is 32.0 Å². The molecule has 1 fully saturated rings. The van der Waals surface area contributed by atoms with Crippen molar-refractivity contribution in [3.8, 4) is 0 Å². The van der Waals surface area contributed by atoms with E-state index in [1.165, 1.54) is 0 Å². The Labute approximate surface area is 78.3 Å². The average molecular weight is 205 g/mol. The first-order chi connectivity index (χ1) is 5.99. The van der Waals surface area contributed by atoms with Crippen molar-refractivity contribution >= 4 is 13.1 Å². The summed E-state index contributed by atoms with van der Waals surface area (Å²) in [7, 11) is -1.86. The van der Waals surface area contributed by atoms with Gasteiger partial charge in [-0.15, -0.1) is 0 Å². The van der Waals surface area contributed by atoms with E-state index in [0.29, 0.717) is 6.54 Å². The van der Waals surface area contributed by atoms with Crippen LogP contribution in [0.25, 0.3) is 0 Å². The van der Waals surface area contributed by atoms with Crippen molar-refractivity contribution in [2.45, 2.75) is 6.42 Å². The number of aliphatic carboxylic acids is 1. The van der Waals surface area contributed by atoms with Crippen LogP contribution in [0, 0.1) is 0 Å². The van der Waals surface area contributed by atoms with E-state index in [4.69, 9.17) is 5.11 Å². The quantitative estimate of drug-likeness (QED) is 0.691. The summed E-state index contributed by atoms with van der Waals surface area (Å²) in [4.78, 5) is 12.4. The number of carboxylic acid groups (broad SMARTS) is 1. The monoisotopic (exact) mass is 205 g/mol. The largest absolute Gasteiger partial charge is 0.481 e. The van der Waals surface area contributed by atoms with E-state index in [-0.39, 0.29) is 6.42 Å². The Morgan fingerprint density at radius 2 is 2.00 bits per heavy atom. The number of nitrogens with zero attached hydrogens (tertiary/aromatic N) is 1. The fourth-order valence-corrected chi connectivity index (χ4v) is 3.04. The lowest BCUT2D eigenvalue weighted by atomic mass is 10.4. The molecule has 5 heteroatoms. The molecule has 0 aromatic rings. The van der Waals surface area contributed by atoms with Gasteiger partial charge in [0.15, 0.2) is 0 Å². The molecule has 1 aliphatic rings. The standard InChI is InChI=1S/C8H16NO3P/c1-13(12)6-4-9(5-7-13)3-2-8(10)11/h2-7H2,1H3,(H,10,11). The van der Waals surface area contributed by atoms with Crippen LogP contribution in [0.1, 0.15) is 6.42 Å². The first-order valence-corrected chi connectivity index (χ1v) is 7.02. The van der Waals surface area contributed by atoms with Gasteiger partial charge in [-0.2, -0.15) is 0 Å². The summed E-state index contributed by atoms with van der Waals surface area (Å²) >= 11 is 0. The van der Waals surface area contributed by atoms with Crippen molar-refractivity contribution in [2.24, 2.45) is 0 Å². The van der Waals surface area contributed by atoms with Gasteiger partial charge in [0.25, 0.3) is 0 Å². The van der Waals surface area contributed by atoms with Crippen LogP contribution in [-0.2, 0) is 9.36 Å². The highest BCUT2D eigenvalue weighted by Crippen LogP contribution is 2.42. The second-order valence-corrected chi connectivity index (χ2v) is 7.22. The summed E-state index contributed by atoms with van der Waals surface area (Å²) in [6.07, 6.45) is 1.67. The van der Waals surface area contributed by atoms with Gasteiger partial charge in [0.1, 0.15) is 0 Å². The SMILES string of the molecule is CP1(=O)CCN(CCC(=O)O)CC1. The lowest BCUT2D eigenvalue weighted by Gasteiger charge is -2.29. The van der Waals surface area contributed by atoms with Crippen LogP contribution < -0.4 is 0 Å². The molecule has 1 saturated heterocycles. The van der Waals surface area contributed by atoms with Crippen molar-refractivity contribution in [1.82, 2.24) is 4.90 Å². The maximum Gasteiger partial charge on any atom is 0.304 e. The third-order valence-electron chi connectivity index (χ3n) is 2.42. The molecular formula is C8H16NO3P. The predicted octanol–water partition coefficient (Wildman–Crippen LogP) is 0.770. The Bertz CT molecular complexity index is 227. The van der Waals surface area contributed by atoms with Crippen molar-refractivity contribution in [1.29, 1.82) is 0 Å². The van der Waals surface area contributed by atoms with Crippen LogP contribution >= 0.6 is 7.14 Å². The zero-order valence-corrected chi connectivity index (χ0v) is 8.80. The maximum atomic E-state index is 11.6. The van der Waals surface area contributed by atoms with Crippen LogP contribution in [0.15, 0.2) is 0 Å². The molecule has 0 bridgehead atoms.